The lowest BCUT2D eigenvalue weighted by atomic mass is 10.1. The number of benzene rings is 1. The summed E-state index contributed by atoms with van der Waals surface area (Å²) in [7, 11) is 0. The molecular weight excluding hydrogens is 206 g/mol. The molecule has 1 aromatic rings. The van der Waals surface area contributed by atoms with Crippen LogP contribution in [-0.2, 0) is 0 Å². The van der Waals surface area contributed by atoms with Crippen LogP contribution >= 0.6 is 0 Å². The fourth-order valence-corrected chi connectivity index (χ4v) is 1.56. The first-order valence-corrected chi connectivity index (χ1v) is 5.20. The number of fused-ring (bicyclic) bond motifs is 1. The van der Waals surface area contributed by atoms with Gasteiger partial charge in [-0.1, -0.05) is 12.1 Å². The molecule has 0 fully saturated rings. The van der Waals surface area contributed by atoms with E-state index in [9.17, 15) is 5.11 Å². The van der Waals surface area contributed by atoms with Gasteiger partial charge in [0.1, 0.15) is 0 Å². The highest BCUT2D eigenvalue weighted by Gasteiger charge is 2.16. The predicted molar refractivity (Wildman–Crippen MR) is 60.6 cm³/mol. The van der Waals surface area contributed by atoms with Gasteiger partial charge in [-0.15, -0.1) is 6.58 Å². The second-order valence-corrected chi connectivity index (χ2v) is 3.58. The van der Waals surface area contributed by atoms with Crippen molar-refractivity contribution < 1.29 is 14.6 Å². The smallest absolute Gasteiger partial charge is 0.231 e. The van der Waals surface area contributed by atoms with Crippen LogP contribution in [0.3, 0.4) is 0 Å². The Morgan fingerprint density at radius 3 is 3.06 bits per heavy atom. The standard InChI is InChI=1S/C12H15NO3/c1-2-5-13-7-10(14)9-3-4-11-12(6-9)16-8-15-11/h2-4,6,10,13-14H,1,5,7-8H2. The largest absolute Gasteiger partial charge is 0.454 e. The van der Waals surface area contributed by atoms with Crippen LogP contribution in [0.5, 0.6) is 11.5 Å². The maximum atomic E-state index is 9.89. The molecule has 0 spiro atoms. The van der Waals surface area contributed by atoms with Gasteiger partial charge in [-0.05, 0) is 17.7 Å². The predicted octanol–water partition coefficient (Wildman–Crippen LogP) is 1.22. The number of aliphatic hydroxyl groups excluding tert-OH is 1. The van der Waals surface area contributed by atoms with Gasteiger partial charge in [0, 0.05) is 13.1 Å². The van der Waals surface area contributed by atoms with Gasteiger partial charge in [0.2, 0.25) is 6.79 Å². The van der Waals surface area contributed by atoms with Crippen molar-refractivity contribution in [3.05, 3.63) is 36.4 Å². The van der Waals surface area contributed by atoms with Gasteiger partial charge in [-0.3, -0.25) is 0 Å². The van der Waals surface area contributed by atoms with Crippen LogP contribution in [0.25, 0.3) is 0 Å². The highest BCUT2D eigenvalue weighted by atomic mass is 16.7. The second-order valence-electron chi connectivity index (χ2n) is 3.58. The van der Waals surface area contributed by atoms with Crippen molar-refractivity contribution in [3.8, 4) is 11.5 Å². The Morgan fingerprint density at radius 2 is 2.25 bits per heavy atom. The normalized spacial score (nSPS) is 14.8. The molecule has 1 atom stereocenters. The van der Waals surface area contributed by atoms with Crippen molar-refractivity contribution in [2.75, 3.05) is 19.9 Å². The number of hydrogen-bond donors (Lipinski definition) is 2. The fraction of sp³-hybridized carbons (Fsp3) is 0.333. The summed E-state index contributed by atoms with van der Waals surface area (Å²) in [4.78, 5) is 0. The topological polar surface area (TPSA) is 50.7 Å². The molecule has 2 N–H and O–H groups in total. The molecule has 16 heavy (non-hydrogen) atoms. The summed E-state index contributed by atoms with van der Waals surface area (Å²) in [5.41, 5.74) is 0.820. The average molecular weight is 221 g/mol. The summed E-state index contributed by atoms with van der Waals surface area (Å²) < 4.78 is 10.4. The lowest BCUT2D eigenvalue weighted by molar-refractivity contribution is 0.171. The number of hydrogen-bond acceptors (Lipinski definition) is 4. The first kappa shape index (κ1) is 11.0. The molecule has 4 nitrogen and oxygen atoms in total. The molecular formula is C12H15NO3. The third-order valence-corrected chi connectivity index (χ3v) is 2.41. The van der Waals surface area contributed by atoms with E-state index >= 15 is 0 Å². The van der Waals surface area contributed by atoms with Crippen molar-refractivity contribution >= 4 is 0 Å². The van der Waals surface area contributed by atoms with E-state index in [1.165, 1.54) is 0 Å². The Kier molecular flexibility index (Phi) is 3.44. The van der Waals surface area contributed by atoms with Crippen molar-refractivity contribution in [2.45, 2.75) is 6.10 Å². The van der Waals surface area contributed by atoms with Crippen LogP contribution < -0.4 is 14.8 Å². The van der Waals surface area contributed by atoms with Gasteiger partial charge in [0.25, 0.3) is 0 Å². The van der Waals surface area contributed by atoms with Gasteiger partial charge in [0.15, 0.2) is 11.5 Å². The second kappa shape index (κ2) is 5.01. The molecule has 2 rings (SSSR count). The zero-order chi connectivity index (χ0) is 11.4. The maximum absolute atomic E-state index is 9.89. The van der Waals surface area contributed by atoms with E-state index in [-0.39, 0.29) is 6.79 Å². The zero-order valence-electron chi connectivity index (χ0n) is 8.98. The number of ether oxygens (including phenoxy) is 2. The van der Waals surface area contributed by atoms with Crippen LogP contribution in [0.2, 0.25) is 0 Å². The van der Waals surface area contributed by atoms with Gasteiger partial charge >= 0.3 is 0 Å². The molecule has 0 aliphatic carbocycles. The minimum atomic E-state index is -0.547. The summed E-state index contributed by atoms with van der Waals surface area (Å²) in [5, 5.41) is 12.9. The van der Waals surface area contributed by atoms with E-state index < -0.39 is 6.10 Å². The molecule has 1 heterocycles. The Balaban J connectivity index is 2.00. The minimum Gasteiger partial charge on any atom is -0.454 e. The third-order valence-electron chi connectivity index (χ3n) is 2.41. The molecule has 0 radical (unpaired) electrons. The van der Waals surface area contributed by atoms with E-state index in [0.29, 0.717) is 18.8 Å². The van der Waals surface area contributed by atoms with E-state index in [4.69, 9.17) is 9.47 Å². The number of aliphatic hydroxyl groups is 1. The van der Waals surface area contributed by atoms with Crippen LogP contribution in [-0.4, -0.2) is 25.0 Å². The SMILES string of the molecule is C=CCNCC(O)c1ccc2c(c1)OCO2. The first-order valence-electron chi connectivity index (χ1n) is 5.20. The third kappa shape index (κ3) is 2.35. The molecule has 0 saturated carbocycles. The van der Waals surface area contributed by atoms with Crippen molar-refractivity contribution in [1.82, 2.24) is 5.32 Å². The van der Waals surface area contributed by atoms with Crippen LogP contribution in [0.15, 0.2) is 30.9 Å². The summed E-state index contributed by atoms with van der Waals surface area (Å²) >= 11 is 0. The summed E-state index contributed by atoms with van der Waals surface area (Å²) in [5.74, 6) is 1.43. The van der Waals surface area contributed by atoms with Crippen LogP contribution in [0, 0.1) is 0 Å². The van der Waals surface area contributed by atoms with Crippen LogP contribution in [0.1, 0.15) is 11.7 Å². The van der Waals surface area contributed by atoms with Crippen molar-refractivity contribution in [2.24, 2.45) is 0 Å². The summed E-state index contributed by atoms with van der Waals surface area (Å²) in [6.07, 6.45) is 1.21. The highest BCUT2D eigenvalue weighted by Crippen LogP contribution is 2.33. The number of nitrogens with one attached hydrogen (secondary N) is 1. The molecule has 0 saturated heterocycles. The van der Waals surface area contributed by atoms with Crippen molar-refractivity contribution in [1.29, 1.82) is 0 Å². The van der Waals surface area contributed by atoms with E-state index in [0.717, 1.165) is 11.3 Å². The quantitative estimate of drug-likeness (QED) is 0.580. The zero-order valence-corrected chi connectivity index (χ0v) is 8.98. The Bertz CT molecular complexity index is 379. The molecule has 1 aliphatic heterocycles. The Morgan fingerprint density at radius 1 is 1.44 bits per heavy atom. The van der Waals surface area contributed by atoms with E-state index in [1.807, 2.05) is 18.2 Å². The Hall–Kier alpha value is -1.52. The molecule has 86 valence electrons. The van der Waals surface area contributed by atoms with E-state index in [1.54, 1.807) is 6.08 Å². The van der Waals surface area contributed by atoms with Gasteiger partial charge in [-0.2, -0.15) is 0 Å². The lowest BCUT2D eigenvalue weighted by Gasteiger charge is -2.11. The molecule has 0 aromatic heterocycles. The fourth-order valence-electron chi connectivity index (χ4n) is 1.56. The molecule has 1 unspecified atom stereocenters. The molecule has 1 aliphatic rings. The van der Waals surface area contributed by atoms with Crippen molar-refractivity contribution in [3.63, 3.8) is 0 Å². The molecule has 1 aromatic carbocycles. The van der Waals surface area contributed by atoms with E-state index in [2.05, 4.69) is 11.9 Å². The van der Waals surface area contributed by atoms with Crippen LogP contribution in [0.4, 0.5) is 0 Å². The van der Waals surface area contributed by atoms with Gasteiger partial charge < -0.3 is 19.9 Å². The highest BCUT2D eigenvalue weighted by molar-refractivity contribution is 5.45. The minimum absolute atomic E-state index is 0.254. The summed E-state index contributed by atoms with van der Waals surface area (Å²) in [6.45, 7) is 5.02. The maximum Gasteiger partial charge on any atom is 0.231 e. The lowest BCUT2D eigenvalue weighted by Crippen LogP contribution is -2.21. The first-order chi connectivity index (χ1) is 7.81. The monoisotopic (exact) mass is 221 g/mol. The summed E-state index contributed by atoms with van der Waals surface area (Å²) in [6, 6.07) is 5.46. The molecule has 0 bridgehead atoms. The Labute approximate surface area is 94.5 Å². The number of rotatable bonds is 5. The molecule has 4 heteroatoms. The van der Waals surface area contributed by atoms with Gasteiger partial charge in [0.05, 0.1) is 6.10 Å². The van der Waals surface area contributed by atoms with Gasteiger partial charge in [-0.25, -0.2) is 0 Å². The average Bonchev–Trinajstić information content (AvgIpc) is 2.76. The molecule has 0 amide bonds.